The number of nitrogens with zero attached hydrogens (tertiary/aromatic N) is 4. The number of carbonyl (C=O) groups excluding carboxylic acids is 2. The first-order valence-corrected chi connectivity index (χ1v) is 20.7. The van der Waals surface area contributed by atoms with Crippen molar-refractivity contribution in [2.45, 2.75) is 120 Å². The van der Waals surface area contributed by atoms with Gasteiger partial charge in [-0.25, -0.2) is 24.5 Å². The molecule has 55 heavy (non-hydrogen) atoms. The summed E-state index contributed by atoms with van der Waals surface area (Å²) in [6.07, 6.45) is -5.06. The largest absolute Gasteiger partial charge is 0.455 e. The number of hydrogen-bond donors (Lipinski definition) is 4. The Kier molecular flexibility index (Phi) is 10.5. The number of anilines is 1. The third-order valence-corrected chi connectivity index (χ3v) is 13.2. The van der Waals surface area contributed by atoms with Crippen LogP contribution in [0.15, 0.2) is 12.7 Å². The lowest BCUT2D eigenvalue weighted by molar-refractivity contribution is -0.199. The number of aliphatic hydroxyl groups excluding tert-OH is 1. The molecule has 6 aliphatic heterocycles. The number of rotatable bonds is 10. The molecule has 25 heteroatoms. The molecule has 0 aliphatic carbocycles. The van der Waals surface area contributed by atoms with Gasteiger partial charge in [-0.2, -0.15) is 0 Å². The van der Waals surface area contributed by atoms with E-state index in [0.717, 1.165) is 0 Å². The average molecular weight is 824 g/mol. The van der Waals surface area contributed by atoms with Crippen molar-refractivity contribution in [1.82, 2.24) is 19.5 Å². The first-order chi connectivity index (χ1) is 25.6. The van der Waals surface area contributed by atoms with Crippen molar-refractivity contribution in [3.05, 3.63) is 12.7 Å². The molecule has 8 rings (SSSR count). The van der Waals surface area contributed by atoms with E-state index in [1.54, 1.807) is 46.1 Å². The van der Waals surface area contributed by atoms with Crippen molar-refractivity contribution >= 4 is 44.1 Å². The Morgan fingerprint density at radius 1 is 0.745 bits per heavy atom. The van der Waals surface area contributed by atoms with Crippen LogP contribution in [-0.2, 0) is 70.4 Å². The van der Waals surface area contributed by atoms with Gasteiger partial charge in [0.15, 0.2) is 65.4 Å². The van der Waals surface area contributed by atoms with E-state index < -0.39 is 125 Å². The number of carbonyl (C=O) groups is 2. The smallest absolute Gasteiger partial charge is 0.340 e. The molecule has 12 atom stereocenters. The normalized spacial score (nSPS) is 37.3. The van der Waals surface area contributed by atoms with Gasteiger partial charge in [0, 0.05) is 0 Å². The van der Waals surface area contributed by atoms with Crippen molar-refractivity contribution in [2.75, 3.05) is 31.5 Å². The molecule has 8 unspecified atom stereocenters. The predicted octanol–water partition coefficient (Wildman–Crippen LogP) is 0.0572. The number of esters is 2. The summed E-state index contributed by atoms with van der Waals surface area (Å²) in [5.74, 6) is -5.03. The molecule has 0 radical (unpaired) electrons. The summed E-state index contributed by atoms with van der Waals surface area (Å²) in [6.45, 7) is 8.80. The quantitative estimate of drug-likeness (QED) is 0.182. The van der Waals surface area contributed by atoms with Crippen LogP contribution in [0.25, 0.3) is 11.2 Å². The fraction of sp³-hybridized carbons (Fsp3) is 0.767. The highest BCUT2D eigenvalue weighted by Gasteiger charge is 2.59. The molecule has 5 N–H and O–H groups in total. The van der Waals surface area contributed by atoms with Crippen LogP contribution < -0.4 is 5.73 Å². The van der Waals surface area contributed by atoms with E-state index in [1.165, 1.54) is 12.7 Å². The predicted molar refractivity (Wildman–Crippen MR) is 178 cm³/mol. The monoisotopic (exact) mass is 823 g/mol. The van der Waals surface area contributed by atoms with Crippen molar-refractivity contribution in [2.24, 2.45) is 0 Å². The van der Waals surface area contributed by atoms with Gasteiger partial charge < -0.3 is 72.3 Å². The molecule has 0 bridgehead atoms. The number of imidazole rings is 1. The van der Waals surface area contributed by atoms with Gasteiger partial charge in [-0.3, -0.25) is 13.7 Å². The molecule has 306 valence electrons. The van der Waals surface area contributed by atoms with Crippen LogP contribution in [-0.4, -0.2) is 144 Å². The third kappa shape index (κ3) is 8.33. The highest BCUT2D eigenvalue weighted by Crippen LogP contribution is 2.59. The topological polar surface area (TPSA) is 300 Å². The molecule has 0 aromatic carbocycles. The number of ether oxygens (including phenoxy) is 9. The van der Waals surface area contributed by atoms with E-state index in [2.05, 4.69) is 15.0 Å². The molecular formula is C30H43N5O18P2. The molecule has 8 heterocycles. The average Bonchev–Trinajstić information content (AvgIpc) is 3.92. The number of aliphatic hydroxyl groups is 1. The Morgan fingerprint density at radius 2 is 1.25 bits per heavy atom. The Bertz CT molecular complexity index is 1910. The van der Waals surface area contributed by atoms with E-state index in [-0.39, 0.29) is 12.4 Å². The van der Waals surface area contributed by atoms with Gasteiger partial charge >= 0.3 is 27.1 Å². The van der Waals surface area contributed by atoms with Gasteiger partial charge in [-0.1, -0.05) is 0 Å². The summed E-state index contributed by atoms with van der Waals surface area (Å²) in [4.78, 5) is 56.4. The molecule has 2 aromatic rings. The van der Waals surface area contributed by atoms with Crippen molar-refractivity contribution in [1.29, 1.82) is 0 Å². The Morgan fingerprint density at radius 3 is 1.85 bits per heavy atom. The number of hydrogen-bond acceptors (Lipinski definition) is 20. The van der Waals surface area contributed by atoms with E-state index >= 15 is 0 Å². The van der Waals surface area contributed by atoms with Crippen molar-refractivity contribution < 1.29 is 85.3 Å². The lowest BCUT2D eigenvalue weighted by Gasteiger charge is -2.25. The molecule has 0 saturated carbocycles. The summed E-state index contributed by atoms with van der Waals surface area (Å²) in [6, 6.07) is 0. The first kappa shape index (κ1) is 40.5. The van der Waals surface area contributed by atoms with Crippen LogP contribution >= 0.6 is 15.2 Å². The van der Waals surface area contributed by atoms with Crippen molar-refractivity contribution in [3.63, 3.8) is 0 Å². The van der Waals surface area contributed by atoms with Crippen LogP contribution in [0.1, 0.15) is 47.8 Å². The summed E-state index contributed by atoms with van der Waals surface area (Å²) in [7, 11) is -9.41. The molecular weight excluding hydrogens is 780 g/mol. The standard InChI is InChI=1S/C22H31N5O13P2.C8H12O5/c1-21(2)37-13-10(35-19(15(13)39-21)27-8-26-12-17(23)24-7-25-18(12)27)5-33-41(29,30)9-42(31,32)34-6-11-14-16(20(28)36-11)40-22(3,4)38-14;1-8(2)12-5-4(3-9)11-7(10)6(5)13-8/h7-8,10-11,13-16,19H,5-6,9H2,1-4H3,(H,29,30)(H,31,32)(H2,23,24,25);4-6,9H,3H2,1-2H3/t10-,11-,13?,14?,15?,16?,19-;4-,5?,6?/m11/s1. The maximum absolute atomic E-state index is 12.9. The van der Waals surface area contributed by atoms with E-state index in [9.17, 15) is 28.5 Å². The van der Waals surface area contributed by atoms with Gasteiger partial charge in [-0.05, 0) is 41.5 Å². The molecule has 0 spiro atoms. The van der Waals surface area contributed by atoms with Crippen LogP contribution in [0.3, 0.4) is 0 Å². The van der Waals surface area contributed by atoms with E-state index in [4.69, 9.17) is 62.5 Å². The Balaban J connectivity index is 0.000000301. The number of cyclic esters (lactones) is 2. The Labute approximate surface area is 313 Å². The zero-order valence-electron chi connectivity index (χ0n) is 30.5. The molecule has 6 saturated heterocycles. The van der Waals surface area contributed by atoms with Gasteiger partial charge in [0.25, 0.3) is 0 Å². The van der Waals surface area contributed by atoms with Crippen LogP contribution in [0, 0.1) is 0 Å². The number of nitrogens with two attached hydrogens (primary N) is 1. The third-order valence-electron chi connectivity index (χ3n) is 9.20. The summed E-state index contributed by atoms with van der Waals surface area (Å²) >= 11 is 0. The lowest BCUT2D eigenvalue weighted by Crippen LogP contribution is -2.33. The molecule has 6 aliphatic rings. The van der Waals surface area contributed by atoms with Crippen LogP contribution in [0.4, 0.5) is 5.82 Å². The molecule has 2 aromatic heterocycles. The summed E-state index contributed by atoms with van der Waals surface area (Å²) in [5.41, 5.74) is 6.63. The summed E-state index contributed by atoms with van der Waals surface area (Å²) < 4.78 is 87.3. The zero-order valence-corrected chi connectivity index (χ0v) is 32.3. The lowest BCUT2D eigenvalue weighted by atomic mass is 10.1. The highest BCUT2D eigenvalue weighted by atomic mass is 31.2. The second-order valence-corrected chi connectivity index (χ2v) is 19.1. The van der Waals surface area contributed by atoms with Crippen molar-refractivity contribution in [3.8, 4) is 0 Å². The second kappa shape index (κ2) is 14.3. The van der Waals surface area contributed by atoms with Gasteiger partial charge in [0.1, 0.15) is 42.4 Å². The maximum atomic E-state index is 12.9. The van der Waals surface area contributed by atoms with Gasteiger partial charge in [-0.15, -0.1) is 0 Å². The highest BCUT2D eigenvalue weighted by molar-refractivity contribution is 7.70. The van der Waals surface area contributed by atoms with E-state index in [1.807, 2.05) is 0 Å². The minimum Gasteiger partial charge on any atom is -0.455 e. The van der Waals surface area contributed by atoms with Gasteiger partial charge in [0.2, 0.25) is 0 Å². The minimum atomic E-state index is -4.71. The summed E-state index contributed by atoms with van der Waals surface area (Å²) in [5, 5.41) is 8.89. The SMILES string of the molecule is CC1(C)OC2C(=O)O[C@H](CO)C2O1.CC1(C)OC2C(=O)O[C@H](COP(=O)(O)CP(=O)(O)OC[C@H]3O[C@@H](n4cnc5c(N)ncnc54)C4OC(C)(C)OC43)C2O1. The first-order valence-electron chi connectivity index (χ1n) is 17.2. The number of nitrogen functional groups attached to an aromatic ring is 1. The minimum absolute atomic E-state index is 0.174. The van der Waals surface area contributed by atoms with Crippen LogP contribution in [0.5, 0.6) is 0 Å². The zero-order chi connectivity index (χ0) is 39.9. The van der Waals surface area contributed by atoms with Gasteiger partial charge in [0.05, 0.1) is 26.1 Å². The number of aromatic nitrogens is 4. The van der Waals surface area contributed by atoms with E-state index in [0.29, 0.717) is 11.2 Å². The Hall–Kier alpha value is -2.73. The fourth-order valence-corrected chi connectivity index (χ4v) is 10.3. The molecule has 0 amide bonds. The second-order valence-electron chi connectivity index (χ2n) is 14.9. The number of fused-ring (bicyclic) bond motifs is 4. The van der Waals surface area contributed by atoms with Crippen LogP contribution in [0.2, 0.25) is 0 Å². The molecule has 23 nitrogen and oxygen atoms in total. The molecule has 6 fully saturated rings. The maximum Gasteiger partial charge on any atom is 0.340 e. The fourth-order valence-electron chi connectivity index (χ4n) is 7.08.